The molecule has 0 radical (unpaired) electrons. The van der Waals surface area contributed by atoms with Gasteiger partial charge in [0.1, 0.15) is 6.04 Å². The van der Waals surface area contributed by atoms with Crippen LogP contribution in [-0.2, 0) is 17.8 Å². The third kappa shape index (κ3) is 4.28. The number of fused-ring (bicyclic) bond motifs is 1. The molecule has 0 unspecified atom stereocenters. The van der Waals surface area contributed by atoms with E-state index in [2.05, 4.69) is 36.3 Å². The molecule has 0 spiro atoms. The van der Waals surface area contributed by atoms with Crippen molar-refractivity contribution in [1.82, 2.24) is 15.2 Å². The van der Waals surface area contributed by atoms with Gasteiger partial charge >= 0.3 is 0 Å². The Labute approximate surface area is 154 Å². The Morgan fingerprint density at radius 3 is 2.50 bits per heavy atom. The van der Waals surface area contributed by atoms with Crippen molar-refractivity contribution in [2.45, 2.75) is 39.3 Å². The van der Waals surface area contributed by atoms with Gasteiger partial charge in [0.25, 0.3) is 5.91 Å². The van der Waals surface area contributed by atoms with Crippen molar-refractivity contribution in [1.29, 1.82) is 0 Å². The summed E-state index contributed by atoms with van der Waals surface area (Å²) in [6.45, 7) is 5.42. The van der Waals surface area contributed by atoms with Crippen LogP contribution in [0.4, 0.5) is 0 Å². The molecule has 5 nitrogen and oxygen atoms in total. The minimum absolute atomic E-state index is 0.00407. The summed E-state index contributed by atoms with van der Waals surface area (Å²) in [6.07, 6.45) is 4.63. The number of hydrogen-bond acceptors (Lipinski definition) is 3. The van der Waals surface area contributed by atoms with Gasteiger partial charge in [0, 0.05) is 31.0 Å². The van der Waals surface area contributed by atoms with Crippen molar-refractivity contribution in [2.75, 3.05) is 6.54 Å². The lowest BCUT2D eigenvalue weighted by molar-refractivity contribution is -0.134. The molecule has 0 fully saturated rings. The molecule has 136 valence electrons. The minimum Gasteiger partial charge on any atom is -0.340 e. The van der Waals surface area contributed by atoms with E-state index in [0.717, 1.165) is 6.42 Å². The van der Waals surface area contributed by atoms with Gasteiger partial charge in [0.2, 0.25) is 5.91 Å². The molecule has 0 saturated carbocycles. The first-order chi connectivity index (χ1) is 12.5. The number of nitrogens with zero attached hydrogens (tertiary/aromatic N) is 2. The molecule has 0 saturated heterocycles. The van der Waals surface area contributed by atoms with Crippen LogP contribution in [0.1, 0.15) is 41.8 Å². The highest BCUT2D eigenvalue weighted by molar-refractivity contribution is 5.97. The van der Waals surface area contributed by atoms with Gasteiger partial charge in [-0.25, -0.2) is 0 Å². The van der Waals surface area contributed by atoms with E-state index in [9.17, 15) is 9.59 Å². The quantitative estimate of drug-likeness (QED) is 0.901. The lowest BCUT2D eigenvalue weighted by atomic mass is 9.97. The van der Waals surface area contributed by atoms with Crippen LogP contribution < -0.4 is 5.32 Å². The van der Waals surface area contributed by atoms with Crippen LogP contribution in [0.15, 0.2) is 48.8 Å². The van der Waals surface area contributed by atoms with Crippen LogP contribution in [0.5, 0.6) is 0 Å². The van der Waals surface area contributed by atoms with Gasteiger partial charge in [0.15, 0.2) is 0 Å². The predicted octanol–water partition coefficient (Wildman–Crippen LogP) is 2.81. The van der Waals surface area contributed by atoms with E-state index in [1.54, 1.807) is 24.5 Å². The van der Waals surface area contributed by atoms with E-state index in [-0.39, 0.29) is 11.8 Å². The largest absolute Gasteiger partial charge is 0.340 e. The summed E-state index contributed by atoms with van der Waals surface area (Å²) in [7, 11) is 0. The third-order valence-corrected chi connectivity index (χ3v) is 4.70. The number of pyridine rings is 1. The van der Waals surface area contributed by atoms with Gasteiger partial charge in [-0.15, -0.1) is 0 Å². The third-order valence-electron chi connectivity index (χ3n) is 4.70. The summed E-state index contributed by atoms with van der Waals surface area (Å²) >= 11 is 0. The number of nitrogens with one attached hydrogen (secondary N) is 1. The molecule has 2 amide bonds. The van der Waals surface area contributed by atoms with Gasteiger partial charge in [0.05, 0.1) is 0 Å². The Bertz CT molecular complexity index is 774. The molecule has 2 heterocycles. The topological polar surface area (TPSA) is 62.3 Å². The lowest BCUT2D eigenvalue weighted by Crippen LogP contribution is -2.50. The van der Waals surface area contributed by atoms with E-state index in [4.69, 9.17) is 0 Å². The number of rotatable bonds is 5. The Morgan fingerprint density at radius 1 is 1.12 bits per heavy atom. The van der Waals surface area contributed by atoms with Crippen LogP contribution >= 0.6 is 0 Å². The molecule has 0 bridgehead atoms. The summed E-state index contributed by atoms with van der Waals surface area (Å²) in [5, 5.41) is 2.93. The number of aromatic nitrogens is 1. The average molecular weight is 351 g/mol. The number of hydrogen-bond donors (Lipinski definition) is 1. The maximum Gasteiger partial charge on any atom is 0.252 e. The lowest BCUT2D eigenvalue weighted by Gasteiger charge is -2.32. The Kier molecular flexibility index (Phi) is 5.66. The average Bonchev–Trinajstić information content (AvgIpc) is 2.66. The fourth-order valence-corrected chi connectivity index (χ4v) is 3.34. The summed E-state index contributed by atoms with van der Waals surface area (Å²) in [6, 6.07) is 11.0. The smallest absolute Gasteiger partial charge is 0.252 e. The van der Waals surface area contributed by atoms with Crippen molar-refractivity contribution in [3.63, 3.8) is 0 Å². The summed E-state index contributed by atoms with van der Waals surface area (Å²) in [4.78, 5) is 31.4. The molecule has 5 heteroatoms. The Hall–Kier alpha value is -2.69. The van der Waals surface area contributed by atoms with Gasteiger partial charge in [-0.3, -0.25) is 14.6 Å². The van der Waals surface area contributed by atoms with E-state index in [1.807, 2.05) is 17.0 Å². The maximum atomic E-state index is 13.1. The zero-order chi connectivity index (χ0) is 18.5. The summed E-state index contributed by atoms with van der Waals surface area (Å²) in [5.41, 5.74) is 3.01. The molecular weight excluding hydrogens is 326 g/mol. The van der Waals surface area contributed by atoms with Crippen LogP contribution in [-0.4, -0.2) is 34.3 Å². The molecule has 1 atom stereocenters. The molecule has 1 aliphatic heterocycles. The van der Waals surface area contributed by atoms with Crippen molar-refractivity contribution in [3.8, 4) is 0 Å². The standard InChI is InChI=1S/C21H25N3O2/c1-15(2)13-19(23-20(25)17-7-10-22-11-8-17)21(26)24-12-9-16-5-3-4-6-18(16)14-24/h3-8,10-11,15,19H,9,12-14H2,1-2H3,(H,23,25)/t19-/m0/s1. The van der Waals surface area contributed by atoms with Crippen molar-refractivity contribution in [3.05, 3.63) is 65.5 Å². The van der Waals surface area contributed by atoms with E-state index in [1.165, 1.54) is 11.1 Å². The molecule has 2 aromatic rings. The maximum absolute atomic E-state index is 13.1. The highest BCUT2D eigenvalue weighted by Crippen LogP contribution is 2.20. The highest BCUT2D eigenvalue weighted by atomic mass is 16.2. The summed E-state index contributed by atoms with van der Waals surface area (Å²) in [5.74, 6) is 0.0678. The molecule has 1 aromatic carbocycles. The molecule has 1 N–H and O–H groups in total. The van der Waals surface area contributed by atoms with Crippen LogP contribution in [0.25, 0.3) is 0 Å². The second kappa shape index (κ2) is 8.13. The van der Waals surface area contributed by atoms with E-state index in [0.29, 0.717) is 31.0 Å². The molecule has 26 heavy (non-hydrogen) atoms. The van der Waals surface area contributed by atoms with Crippen molar-refractivity contribution >= 4 is 11.8 Å². The molecular formula is C21H25N3O2. The first kappa shape index (κ1) is 18.1. The van der Waals surface area contributed by atoms with Crippen molar-refractivity contribution in [2.24, 2.45) is 5.92 Å². The SMILES string of the molecule is CC(C)C[C@H](NC(=O)c1ccncc1)C(=O)N1CCc2ccccc2C1. The fraction of sp³-hybridized carbons (Fsp3) is 0.381. The molecule has 1 aliphatic rings. The van der Waals surface area contributed by atoms with Crippen molar-refractivity contribution < 1.29 is 9.59 Å². The zero-order valence-corrected chi connectivity index (χ0v) is 15.3. The number of amides is 2. The fourth-order valence-electron chi connectivity index (χ4n) is 3.34. The monoisotopic (exact) mass is 351 g/mol. The first-order valence-electron chi connectivity index (χ1n) is 9.11. The second-order valence-electron chi connectivity index (χ2n) is 7.17. The second-order valence-corrected chi connectivity index (χ2v) is 7.17. The first-order valence-corrected chi connectivity index (χ1v) is 9.11. The molecule has 1 aromatic heterocycles. The Balaban J connectivity index is 1.73. The molecule has 3 rings (SSSR count). The van der Waals surface area contributed by atoms with E-state index >= 15 is 0 Å². The van der Waals surface area contributed by atoms with Crippen LogP contribution in [0, 0.1) is 5.92 Å². The van der Waals surface area contributed by atoms with Crippen LogP contribution in [0.3, 0.4) is 0 Å². The van der Waals surface area contributed by atoms with E-state index < -0.39 is 6.04 Å². The van der Waals surface area contributed by atoms with Gasteiger partial charge in [-0.1, -0.05) is 38.1 Å². The molecule has 0 aliphatic carbocycles. The Morgan fingerprint density at radius 2 is 1.81 bits per heavy atom. The van der Waals surface area contributed by atoms with Gasteiger partial charge in [-0.05, 0) is 42.0 Å². The predicted molar refractivity (Wildman–Crippen MR) is 101 cm³/mol. The van der Waals surface area contributed by atoms with Gasteiger partial charge < -0.3 is 10.2 Å². The summed E-state index contributed by atoms with van der Waals surface area (Å²) < 4.78 is 0. The number of carbonyl (C=O) groups is 2. The normalized spacial score (nSPS) is 14.7. The van der Waals surface area contributed by atoms with Crippen LogP contribution in [0.2, 0.25) is 0 Å². The highest BCUT2D eigenvalue weighted by Gasteiger charge is 2.29. The number of carbonyl (C=O) groups excluding carboxylic acids is 2. The number of benzene rings is 1. The zero-order valence-electron chi connectivity index (χ0n) is 15.3. The van der Waals surface area contributed by atoms with Gasteiger partial charge in [-0.2, -0.15) is 0 Å². The minimum atomic E-state index is -0.513.